The molecule has 2 aromatic carbocycles. The highest BCUT2D eigenvalue weighted by Gasteiger charge is 2.25. The Bertz CT molecular complexity index is 691. The minimum atomic E-state index is -0.395. The molecule has 2 aromatic rings. The largest absolute Gasteiger partial charge is 0.510 e. The molecule has 0 aliphatic carbocycles. The van der Waals surface area contributed by atoms with Gasteiger partial charge in [0.25, 0.3) is 0 Å². The monoisotopic (exact) mass is 307 g/mol. The fraction of sp³-hybridized carbons (Fsp3) is 0.200. The summed E-state index contributed by atoms with van der Waals surface area (Å²) in [6.07, 6.45) is 0. The van der Waals surface area contributed by atoms with Crippen LogP contribution in [0.1, 0.15) is 30.9 Å². The molecular weight excluding hydrogens is 286 g/mol. The van der Waals surface area contributed by atoms with E-state index >= 15 is 0 Å². The van der Waals surface area contributed by atoms with Crippen molar-refractivity contribution in [3.05, 3.63) is 83.1 Å². The maximum absolute atomic E-state index is 12.1. The molecule has 0 atom stereocenters. The number of rotatable bonds is 5. The highest BCUT2D eigenvalue weighted by atomic mass is 16.3. The Balaban J connectivity index is 2.69. The highest BCUT2D eigenvalue weighted by Crippen LogP contribution is 2.32. The third kappa shape index (κ3) is 3.75. The van der Waals surface area contributed by atoms with E-state index in [0.29, 0.717) is 5.71 Å². The predicted molar refractivity (Wildman–Crippen MR) is 94.1 cm³/mol. The van der Waals surface area contributed by atoms with Gasteiger partial charge in [-0.2, -0.15) is 0 Å². The van der Waals surface area contributed by atoms with Crippen LogP contribution < -0.4 is 0 Å². The smallest absolute Gasteiger partial charge is 0.165 e. The van der Waals surface area contributed by atoms with Gasteiger partial charge >= 0.3 is 0 Å². The fourth-order valence-electron chi connectivity index (χ4n) is 2.68. The average Bonchev–Trinajstić information content (AvgIpc) is 2.56. The first-order valence-corrected chi connectivity index (χ1v) is 7.54. The van der Waals surface area contributed by atoms with E-state index in [1.54, 1.807) is 14.0 Å². The van der Waals surface area contributed by atoms with E-state index < -0.39 is 5.92 Å². The Morgan fingerprint density at radius 2 is 1.35 bits per heavy atom. The third-order valence-corrected chi connectivity index (χ3v) is 3.84. The molecule has 0 saturated carbocycles. The van der Waals surface area contributed by atoms with Gasteiger partial charge in [-0.15, -0.1) is 0 Å². The maximum atomic E-state index is 12.1. The number of aliphatic imine (C=N–C) groups is 1. The van der Waals surface area contributed by atoms with Crippen LogP contribution in [0.4, 0.5) is 0 Å². The lowest BCUT2D eigenvalue weighted by Crippen LogP contribution is -2.16. The standard InChI is InChI=1S/C20H21NO2/c1-14(21-3)18(15(2)22)20(23)19(16-10-6-4-7-11-16)17-12-8-5-9-13-17/h4-13,19,23H,1-3H3/b20-18+,21-14?. The molecule has 118 valence electrons. The minimum absolute atomic E-state index is 0.0398. The van der Waals surface area contributed by atoms with Gasteiger partial charge in [0.15, 0.2) is 5.78 Å². The van der Waals surface area contributed by atoms with Gasteiger partial charge in [-0.05, 0) is 25.0 Å². The first-order chi connectivity index (χ1) is 11.1. The summed E-state index contributed by atoms with van der Waals surface area (Å²) in [5.41, 5.74) is 2.68. The van der Waals surface area contributed by atoms with Gasteiger partial charge in [0, 0.05) is 12.8 Å². The van der Waals surface area contributed by atoms with Crippen molar-refractivity contribution in [1.82, 2.24) is 0 Å². The quantitative estimate of drug-likeness (QED) is 0.508. The van der Waals surface area contributed by atoms with E-state index in [9.17, 15) is 9.90 Å². The van der Waals surface area contributed by atoms with E-state index in [0.717, 1.165) is 11.1 Å². The molecule has 0 saturated heterocycles. The fourth-order valence-corrected chi connectivity index (χ4v) is 2.68. The number of carbonyl (C=O) groups excluding carboxylic acids is 1. The van der Waals surface area contributed by atoms with Crippen molar-refractivity contribution < 1.29 is 9.90 Å². The summed E-state index contributed by atoms with van der Waals surface area (Å²) < 4.78 is 0. The molecule has 0 aromatic heterocycles. The number of nitrogens with zero attached hydrogens (tertiary/aromatic N) is 1. The summed E-state index contributed by atoms with van der Waals surface area (Å²) in [5, 5.41) is 10.9. The number of ketones is 1. The molecule has 0 amide bonds. The summed E-state index contributed by atoms with van der Waals surface area (Å²) in [6, 6.07) is 19.3. The van der Waals surface area contributed by atoms with Crippen molar-refractivity contribution in [3.63, 3.8) is 0 Å². The molecule has 0 aliphatic rings. The van der Waals surface area contributed by atoms with Crippen molar-refractivity contribution >= 4 is 11.5 Å². The average molecular weight is 307 g/mol. The zero-order chi connectivity index (χ0) is 16.8. The lowest BCUT2D eigenvalue weighted by molar-refractivity contribution is -0.113. The molecule has 0 spiro atoms. The van der Waals surface area contributed by atoms with Crippen LogP contribution in [-0.2, 0) is 4.79 Å². The van der Waals surface area contributed by atoms with Crippen LogP contribution in [0.15, 0.2) is 77.0 Å². The van der Waals surface area contributed by atoms with Gasteiger partial charge in [-0.25, -0.2) is 0 Å². The molecule has 3 nitrogen and oxygen atoms in total. The Morgan fingerprint density at radius 3 is 1.70 bits per heavy atom. The summed E-state index contributed by atoms with van der Waals surface area (Å²) in [5.74, 6) is -0.548. The second kappa shape index (κ2) is 7.54. The molecule has 0 bridgehead atoms. The Labute approximate surface area is 137 Å². The second-order valence-electron chi connectivity index (χ2n) is 5.38. The number of benzene rings is 2. The maximum Gasteiger partial charge on any atom is 0.165 e. The lowest BCUT2D eigenvalue weighted by Gasteiger charge is -2.20. The number of aliphatic hydroxyl groups excluding tert-OH is 1. The van der Waals surface area contributed by atoms with Crippen LogP contribution in [0, 0.1) is 0 Å². The van der Waals surface area contributed by atoms with E-state index in [4.69, 9.17) is 0 Å². The molecular formula is C20H21NO2. The second-order valence-corrected chi connectivity index (χ2v) is 5.38. The van der Waals surface area contributed by atoms with Crippen LogP contribution in [0.2, 0.25) is 0 Å². The van der Waals surface area contributed by atoms with Gasteiger partial charge in [0.2, 0.25) is 0 Å². The van der Waals surface area contributed by atoms with Crippen LogP contribution in [0.25, 0.3) is 0 Å². The molecule has 1 N–H and O–H groups in total. The molecule has 0 radical (unpaired) electrons. The predicted octanol–water partition coefficient (Wildman–Crippen LogP) is 4.31. The number of Topliss-reactive ketones (excluding diaryl/α,β-unsaturated/α-hetero) is 1. The van der Waals surface area contributed by atoms with E-state index in [1.165, 1.54) is 6.92 Å². The van der Waals surface area contributed by atoms with Gasteiger partial charge in [0.05, 0.1) is 11.5 Å². The molecule has 0 heterocycles. The molecule has 0 unspecified atom stereocenters. The van der Waals surface area contributed by atoms with Gasteiger partial charge in [0.1, 0.15) is 5.76 Å². The molecule has 2 rings (SSSR count). The molecule has 0 fully saturated rings. The van der Waals surface area contributed by atoms with E-state index in [-0.39, 0.29) is 17.1 Å². The van der Waals surface area contributed by atoms with Crippen LogP contribution >= 0.6 is 0 Å². The number of aliphatic hydroxyl groups is 1. The number of allylic oxidation sites excluding steroid dienone is 2. The summed E-state index contributed by atoms with van der Waals surface area (Å²) >= 11 is 0. The van der Waals surface area contributed by atoms with Crippen molar-refractivity contribution in [1.29, 1.82) is 0 Å². The topological polar surface area (TPSA) is 49.7 Å². The molecule has 23 heavy (non-hydrogen) atoms. The summed E-state index contributed by atoms with van der Waals surface area (Å²) in [6.45, 7) is 3.19. The number of hydrogen-bond acceptors (Lipinski definition) is 3. The SMILES string of the molecule is CN=C(C)/C(C(C)=O)=C(\O)C(c1ccccc1)c1ccccc1. The van der Waals surface area contributed by atoms with Gasteiger partial charge in [-0.3, -0.25) is 9.79 Å². The van der Waals surface area contributed by atoms with Crippen molar-refractivity contribution in [2.75, 3.05) is 7.05 Å². The van der Waals surface area contributed by atoms with Crippen molar-refractivity contribution in [2.24, 2.45) is 4.99 Å². The van der Waals surface area contributed by atoms with E-state index in [2.05, 4.69) is 4.99 Å². The number of carbonyl (C=O) groups is 1. The summed E-state index contributed by atoms with van der Waals surface area (Å²) in [7, 11) is 1.62. The molecule has 0 aliphatic heterocycles. The minimum Gasteiger partial charge on any atom is -0.510 e. The van der Waals surface area contributed by atoms with E-state index in [1.807, 2.05) is 60.7 Å². The lowest BCUT2D eigenvalue weighted by atomic mass is 9.86. The Hall–Kier alpha value is -2.68. The summed E-state index contributed by atoms with van der Waals surface area (Å²) in [4.78, 5) is 16.1. The number of hydrogen-bond donors (Lipinski definition) is 1. The Kier molecular flexibility index (Phi) is 5.47. The zero-order valence-electron chi connectivity index (χ0n) is 13.7. The van der Waals surface area contributed by atoms with Crippen molar-refractivity contribution in [3.8, 4) is 0 Å². The van der Waals surface area contributed by atoms with Gasteiger partial charge < -0.3 is 5.11 Å². The van der Waals surface area contributed by atoms with Gasteiger partial charge in [-0.1, -0.05) is 60.7 Å². The third-order valence-electron chi connectivity index (χ3n) is 3.84. The Morgan fingerprint density at radius 1 is 0.913 bits per heavy atom. The van der Waals surface area contributed by atoms with Crippen LogP contribution in [-0.4, -0.2) is 23.6 Å². The first kappa shape index (κ1) is 16.7. The van der Waals surface area contributed by atoms with Crippen molar-refractivity contribution in [2.45, 2.75) is 19.8 Å². The van der Waals surface area contributed by atoms with Crippen LogP contribution in [0.3, 0.4) is 0 Å². The zero-order valence-corrected chi connectivity index (χ0v) is 13.7. The highest BCUT2D eigenvalue weighted by molar-refractivity contribution is 6.21. The first-order valence-electron chi connectivity index (χ1n) is 7.54. The normalized spacial score (nSPS) is 13.0. The molecule has 3 heteroatoms. The van der Waals surface area contributed by atoms with Crippen LogP contribution in [0.5, 0.6) is 0 Å².